The Morgan fingerprint density at radius 3 is 2.50 bits per heavy atom. The van der Waals surface area contributed by atoms with Crippen LogP contribution in [0.4, 0.5) is 0 Å². The van der Waals surface area contributed by atoms with E-state index in [9.17, 15) is 17.2 Å². The van der Waals surface area contributed by atoms with Crippen LogP contribution in [-0.2, 0) is 31.1 Å². The highest BCUT2D eigenvalue weighted by molar-refractivity contribution is 7.87. The van der Waals surface area contributed by atoms with Crippen molar-refractivity contribution >= 4 is 21.2 Å². The number of rotatable bonds is 5. The highest BCUT2D eigenvalue weighted by atomic mass is 32.2. The molecule has 1 aliphatic rings. The predicted octanol–water partition coefficient (Wildman–Crippen LogP) is 1.97. The zero-order chi connectivity index (χ0) is 14.6. The van der Waals surface area contributed by atoms with Crippen LogP contribution in [0.25, 0.3) is 0 Å². The van der Waals surface area contributed by atoms with Crippen LogP contribution < -0.4 is 0 Å². The van der Waals surface area contributed by atoms with Gasteiger partial charge in [0.25, 0.3) is 10.1 Å². The van der Waals surface area contributed by atoms with E-state index in [1.165, 1.54) is 12.2 Å². The summed E-state index contributed by atoms with van der Waals surface area (Å²) >= 11 is -2.45. The molecule has 1 aromatic carbocycles. The summed E-state index contributed by atoms with van der Waals surface area (Å²) in [4.78, 5) is -1.73. The Morgan fingerprint density at radius 2 is 1.95 bits per heavy atom. The van der Waals surface area contributed by atoms with E-state index in [-0.39, 0.29) is 12.2 Å². The maximum absolute atomic E-state index is 12.1. The second kappa shape index (κ2) is 6.01. The molecule has 0 saturated carbocycles. The van der Waals surface area contributed by atoms with Gasteiger partial charge in [-0.1, -0.05) is 48.6 Å². The summed E-state index contributed by atoms with van der Waals surface area (Å²) in [6.07, 6.45) is 6.08. The van der Waals surface area contributed by atoms with Crippen molar-refractivity contribution in [2.45, 2.75) is 17.1 Å². The van der Waals surface area contributed by atoms with E-state index < -0.39 is 26.1 Å². The first-order valence-electron chi connectivity index (χ1n) is 5.86. The van der Waals surface area contributed by atoms with E-state index in [0.717, 1.165) is 0 Å². The van der Waals surface area contributed by atoms with Crippen LogP contribution >= 0.6 is 0 Å². The Hall–Kier alpha value is -1.28. The number of hydrogen-bond donors (Lipinski definition) is 1. The molecular weight excluding hydrogens is 300 g/mol. The van der Waals surface area contributed by atoms with E-state index >= 15 is 0 Å². The zero-order valence-electron chi connectivity index (χ0n) is 10.5. The van der Waals surface area contributed by atoms with Crippen molar-refractivity contribution in [3.05, 3.63) is 60.2 Å². The molecule has 7 heteroatoms. The molecule has 0 heterocycles. The van der Waals surface area contributed by atoms with Crippen LogP contribution in [0.5, 0.6) is 0 Å². The number of allylic oxidation sites excluding steroid dienone is 2. The topological polar surface area (TPSA) is 80.7 Å². The molecule has 5 nitrogen and oxygen atoms in total. The lowest BCUT2D eigenvalue weighted by molar-refractivity contribution is 0.207. The van der Waals surface area contributed by atoms with E-state index in [1.807, 2.05) is 0 Å². The van der Waals surface area contributed by atoms with E-state index in [1.54, 1.807) is 42.5 Å². The van der Waals surface area contributed by atoms with Crippen molar-refractivity contribution in [1.29, 1.82) is 0 Å². The van der Waals surface area contributed by atoms with Crippen LogP contribution in [-0.4, -0.2) is 22.1 Å². The molecule has 0 fully saturated rings. The first kappa shape index (κ1) is 15.1. The molecule has 0 amide bonds. The van der Waals surface area contributed by atoms with Crippen molar-refractivity contribution in [1.82, 2.24) is 0 Å². The van der Waals surface area contributed by atoms with E-state index in [4.69, 9.17) is 4.18 Å². The van der Waals surface area contributed by atoms with Gasteiger partial charge in [0.2, 0.25) is 4.93 Å². The second-order valence-electron chi connectivity index (χ2n) is 4.32. The Bertz CT molecular complexity index is 649. The normalized spacial score (nSPS) is 23.6. The quantitative estimate of drug-likeness (QED) is 0.664. The number of benzene rings is 1. The smallest absolute Gasteiger partial charge is 0.273 e. The zero-order valence-corrected chi connectivity index (χ0v) is 12.1. The van der Waals surface area contributed by atoms with Gasteiger partial charge in [0.1, 0.15) is 5.75 Å². The van der Waals surface area contributed by atoms with Gasteiger partial charge < -0.3 is 4.55 Å². The van der Waals surface area contributed by atoms with Gasteiger partial charge in [-0.3, -0.25) is 0 Å². The van der Waals surface area contributed by atoms with Crippen molar-refractivity contribution in [2.24, 2.45) is 0 Å². The lowest BCUT2D eigenvalue weighted by atomic mass is 10.1. The first-order valence-corrected chi connectivity index (χ1v) is 8.54. The van der Waals surface area contributed by atoms with Gasteiger partial charge in [-0.25, -0.2) is 8.39 Å². The molecule has 0 saturated heterocycles. The molecular formula is C13H14O5S2. The van der Waals surface area contributed by atoms with Crippen molar-refractivity contribution in [3.63, 3.8) is 0 Å². The molecule has 1 N–H and O–H groups in total. The van der Waals surface area contributed by atoms with Gasteiger partial charge in [-0.05, 0) is 11.6 Å². The minimum Gasteiger partial charge on any atom is -0.304 e. The molecule has 1 aromatic rings. The molecule has 0 spiro atoms. The Kier molecular flexibility index (Phi) is 4.54. The Balaban J connectivity index is 2.20. The summed E-state index contributed by atoms with van der Waals surface area (Å²) in [5, 5.41) is 0. The van der Waals surface area contributed by atoms with Crippen LogP contribution in [0, 0.1) is 0 Å². The van der Waals surface area contributed by atoms with Crippen LogP contribution in [0.3, 0.4) is 0 Å². The monoisotopic (exact) mass is 314 g/mol. The molecule has 0 radical (unpaired) electrons. The van der Waals surface area contributed by atoms with Gasteiger partial charge in [0.05, 0.1) is 0 Å². The molecule has 1 aliphatic carbocycles. The van der Waals surface area contributed by atoms with Gasteiger partial charge >= 0.3 is 0 Å². The second-order valence-corrected chi connectivity index (χ2v) is 7.08. The van der Waals surface area contributed by atoms with Gasteiger partial charge in [-0.2, -0.15) is 8.42 Å². The summed E-state index contributed by atoms with van der Waals surface area (Å²) in [5.41, 5.74) is 0.557. The standard InChI is InChI=1S/C13H14O5S2/c14-19(15)13(9-5-2-6-10-13)18-20(16,17)11-12-7-3-1-4-8-12/h1-9H,10-11H2,(H,14,15). The average molecular weight is 314 g/mol. The van der Waals surface area contributed by atoms with Gasteiger partial charge in [-0.15, -0.1) is 0 Å². The van der Waals surface area contributed by atoms with Crippen molar-refractivity contribution in [2.75, 3.05) is 0 Å². The Labute approximate surface area is 120 Å². The van der Waals surface area contributed by atoms with E-state index in [0.29, 0.717) is 5.56 Å². The minimum absolute atomic E-state index is 0.0284. The van der Waals surface area contributed by atoms with Gasteiger partial charge in [0.15, 0.2) is 11.1 Å². The molecule has 2 unspecified atom stereocenters. The lowest BCUT2D eigenvalue weighted by Gasteiger charge is -2.26. The van der Waals surface area contributed by atoms with Crippen LogP contribution in [0.1, 0.15) is 12.0 Å². The summed E-state index contributed by atoms with van der Waals surface area (Å²) in [6, 6.07) is 8.51. The summed E-state index contributed by atoms with van der Waals surface area (Å²) in [5.74, 6) is -0.343. The molecule has 20 heavy (non-hydrogen) atoms. The maximum atomic E-state index is 12.1. The predicted molar refractivity (Wildman–Crippen MR) is 76.6 cm³/mol. The SMILES string of the molecule is O=S(O)C1(OS(=O)(=O)Cc2ccccc2)C=CC=CC1. The molecule has 0 aliphatic heterocycles. The summed E-state index contributed by atoms with van der Waals surface area (Å²) in [7, 11) is -3.98. The highest BCUT2D eigenvalue weighted by Gasteiger charge is 2.40. The molecule has 108 valence electrons. The minimum atomic E-state index is -3.98. The third kappa shape index (κ3) is 3.63. The lowest BCUT2D eigenvalue weighted by Crippen LogP contribution is -2.38. The van der Waals surface area contributed by atoms with Crippen molar-refractivity contribution in [3.8, 4) is 0 Å². The van der Waals surface area contributed by atoms with Crippen LogP contribution in [0.15, 0.2) is 54.6 Å². The summed E-state index contributed by atoms with van der Waals surface area (Å²) in [6.45, 7) is 0. The molecule has 2 atom stereocenters. The summed E-state index contributed by atoms with van der Waals surface area (Å²) < 4.78 is 49.9. The highest BCUT2D eigenvalue weighted by Crippen LogP contribution is 2.28. The fourth-order valence-corrected chi connectivity index (χ4v) is 4.01. The maximum Gasteiger partial charge on any atom is 0.273 e. The van der Waals surface area contributed by atoms with Gasteiger partial charge in [0, 0.05) is 6.42 Å². The molecule has 2 rings (SSSR count). The third-order valence-electron chi connectivity index (χ3n) is 2.75. The van der Waals surface area contributed by atoms with Crippen LogP contribution in [0.2, 0.25) is 0 Å². The third-order valence-corrected chi connectivity index (χ3v) is 5.07. The first-order chi connectivity index (χ1) is 9.44. The van der Waals surface area contributed by atoms with Crippen molar-refractivity contribution < 1.29 is 21.4 Å². The number of hydrogen-bond acceptors (Lipinski definition) is 4. The fraction of sp³-hybridized carbons (Fsp3) is 0.231. The van der Waals surface area contributed by atoms with E-state index in [2.05, 4.69) is 0 Å². The fourth-order valence-electron chi connectivity index (χ4n) is 1.82. The Morgan fingerprint density at radius 1 is 1.25 bits per heavy atom. The molecule has 0 bridgehead atoms. The average Bonchev–Trinajstić information content (AvgIpc) is 2.39. The molecule has 0 aromatic heterocycles. The largest absolute Gasteiger partial charge is 0.304 e.